The third kappa shape index (κ3) is 2.07. The summed E-state index contributed by atoms with van der Waals surface area (Å²) in [6.07, 6.45) is 0.816. The van der Waals surface area contributed by atoms with Crippen LogP contribution in [0, 0.1) is 0 Å². The standard InChI is InChI=1S/C12H18O3/c1-4-12(2,3)11-8(7-13)9(14)5-6-10(11)15/h5-6,13-15H,4,7H2,1-3H3. The van der Waals surface area contributed by atoms with Crippen LogP contribution in [-0.2, 0) is 12.0 Å². The van der Waals surface area contributed by atoms with Gasteiger partial charge in [0.1, 0.15) is 11.5 Å². The lowest BCUT2D eigenvalue weighted by Gasteiger charge is -2.27. The molecule has 0 saturated carbocycles. The Labute approximate surface area is 90.0 Å². The number of phenols is 2. The van der Waals surface area contributed by atoms with Crippen molar-refractivity contribution in [2.75, 3.05) is 0 Å². The van der Waals surface area contributed by atoms with Crippen LogP contribution in [-0.4, -0.2) is 15.3 Å². The Kier molecular flexibility index (Phi) is 3.25. The molecule has 15 heavy (non-hydrogen) atoms. The molecule has 3 N–H and O–H groups in total. The molecular weight excluding hydrogens is 192 g/mol. The van der Waals surface area contributed by atoms with Gasteiger partial charge in [-0.25, -0.2) is 0 Å². The fourth-order valence-corrected chi connectivity index (χ4v) is 1.72. The van der Waals surface area contributed by atoms with Crippen LogP contribution in [0.5, 0.6) is 11.5 Å². The summed E-state index contributed by atoms with van der Waals surface area (Å²) in [5, 5.41) is 28.6. The van der Waals surface area contributed by atoms with Gasteiger partial charge in [-0.15, -0.1) is 0 Å². The maximum Gasteiger partial charge on any atom is 0.121 e. The second kappa shape index (κ2) is 4.11. The first-order valence-corrected chi connectivity index (χ1v) is 5.09. The molecular formula is C12H18O3. The first kappa shape index (κ1) is 11.9. The normalized spacial score (nSPS) is 11.7. The summed E-state index contributed by atoms with van der Waals surface area (Å²) in [6, 6.07) is 2.86. The van der Waals surface area contributed by atoms with Crippen molar-refractivity contribution in [3.05, 3.63) is 23.3 Å². The number of phenolic OH excluding ortho intramolecular Hbond substituents is 1. The molecule has 0 saturated heterocycles. The minimum absolute atomic E-state index is 0.0341. The maximum atomic E-state index is 9.79. The summed E-state index contributed by atoms with van der Waals surface area (Å²) in [6.45, 7) is 5.69. The van der Waals surface area contributed by atoms with Crippen LogP contribution >= 0.6 is 0 Å². The summed E-state index contributed by atoms with van der Waals surface area (Å²) in [5.41, 5.74) is 0.787. The Bertz CT molecular complexity index is 356. The van der Waals surface area contributed by atoms with Crippen molar-refractivity contribution >= 4 is 0 Å². The predicted octanol–water partition coefficient (Wildman–Crippen LogP) is 2.28. The Morgan fingerprint density at radius 1 is 1.13 bits per heavy atom. The van der Waals surface area contributed by atoms with Gasteiger partial charge in [0.25, 0.3) is 0 Å². The third-order valence-electron chi connectivity index (χ3n) is 2.98. The van der Waals surface area contributed by atoms with Crippen LogP contribution in [0.4, 0.5) is 0 Å². The average molecular weight is 210 g/mol. The van der Waals surface area contributed by atoms with Crippen LogP contribution in [0.25, 0.3) is 0 Å². The molecule has 0 aliphatic carbocycles. The molecule has 84 valence electrons. The number of aliphatic hydroxyl groups excluding tert-OH is 1. The van der Waals surface area contributed by atoms with Crippen molar-refractivity contribution in [1.29, 1.82) is 0 Å². The minimum Gasteiger partial charge on any atom is -0.508 e. The highest BCUT2D eigenvalue weighted by molar-refractivity contribution is 5.50. The first-order chi connectivity index (χ1) is 6.94. The smallest absolute Gasteiger partial charge is 0.121 e. The SMILES string of the molecule is CCC(C)(C)c1c(O)ccc(O)c1CO. The van der Waals surface area contributed by atoms with E-state index in [0.717, 1.165) is 6.42 Å². The van der Waals surface area contributed by atoms with E-state index >= 15 is 0 Å². The van der Waals surface area contributed by atoms with E-state index in [0.29, 0.717) is 11.1 Å². The van der Waals surface area contributed by atoms with Gasteiger partial charge in [-0.2, -0.15) is 0 Å². The lowest BCUT2D eigenvalue weighted by molar-refractivity contribution is 0.269. The van der Waals surface area contributed by atoms with Crippen molar-refractivity contribution in [2.24, 2.45) is 0 Å². The van der Waals surface area contributed by atoms with Crippen LogP contribution in [0.2, 0.25) is 0 Å². The van der Waals surface area contributed by atoms with E-state index < -0.39 is 0 Å². The van der Waals surface area contributed by atoms with E-state index in [1.807, 2.05) is 20.8 Å². The summed E-state index contributed by atoms with van der Waals surface area (Å²) < 4.78 is 0. The molecule has 1 aromatic carbocycles. The third-order valence-corrected chi connectivity index (χ3v) is 2.98. The van der Waals surface area contributed by atoms with E-state index in [9.17, 15) is 15.3 Å². The largest absolute Gasteiger partial charge is 0.508 e. The van der Waals surface area contributed by atoms with E-state index in [1.54, 1.807) is 0 Å². The van der Waals surface area contributed by atoms with Crippen LogP contribution in [0.15, 0.2) is 12.1 Å². The van der Waals surface area contributed by atoms with E-state index in [2.05, 4.69) is 0 Å². The fraction of sp³-hybridized carbons (Fsp3) is 0.500. The number of aliphatic hydroxyl groups is 1. The maximum absolute atomic E-state index is 9.79. The molecule has 0 heterocycles. The minimum atomic E-state index is -0.265. The summed E-state index contributed by atoms with van der Waals surface area (Å²) in [5.74, 6) is 0.163. The molecule has 1 rings (SSSR count). The molecule has 0 aromatic heterocycles. The molecule has 0 aliphatic rings. The van der Waals surface area contributed by atoms with Crippen molar-refractivity contribution in [3.8, 4) is 11.5 Å². The zero-order valence-electron chi connectivity index (χ0n) is 9.41. The highest BCUT2D eigenvalue weighted by atomic mass is 16.3. The summed E-state index contributed by atoms with van der Waals surface area (Å²) in [7, 11) is 0. The number of aromatic hydroxyl groups is 2. The second-order valence-electron chi connectivity index (χ2n) is 4.35. The number of benzene rings is 1. The number of hydrogen-bond donors (Lipinski definition) is 3. The van der Waals surface area contributed by atoms with Gasteiger partial charge in [-0.05, 0) is 24.0 Å². The van der Waals surface area contributed by atoms with Crippen molar-refractivity contribution in [3.63, 3.8) is 0 Å². The first-order valence-electron chi connectivity index (χ1n) is 5.09. The Balaban J connectivity index is 3.44. The Morgan fingerprint density at radius 2 is 1.67 bits per heavy atom. The second-order valence-corrected chi connectivity index (χ2v) is 4.35. The highest BCUT2D eigenvalue weighted by Crippen LogP contribution is 2.39. The molecule has 0 spiro atoms. The summed E-state index contributed by atoms with van der Waals surface area (Å²) in [4.78, 5) is 0. The molecule has 0 atom stereocenters. The van der Waals surface area contributed by atoms with Crippen LogP contribution in [0.3, 0.4) is 0 Å². The van der Waals surface area contributed by atoms with Crippen molar-refractivity contribution < 1.29 is 15.3 Å². The topological polar surface area (TPSA) is 60.7 Å². The molecule has 0 amide bonds. The van der Waals surface area contributed by atoms with E-state index in [-0.39, 0.29) is 23.5 Å². The Hall–Kier alpha value is -1.22. The zero-order valence-corrected chi connectivity index (χ0v) is 9.41. The van der Waals surface area contributed by atoms with Gasteiger partial charge in [0.2, 0.25) is 0 Å². The van der Waals surface area contributed by atoms with Gasteiger partial charge >= 0.3 is 0 Å². The van der Waals surface area contributed by atoms with Gasteiger partial charge in [0.15, 0.2) is 0 Å². The quantitative estimate of drug-likeness (QED) is 0.671. The Morgan fingerprint density at radius 3 is 2.13 bits per heavy atom. The highest BCUT2D eigenvalue weighted by Gasteiger charge is 2.26. The van der Waals surface area contributed by atoms with Gasteiger partial charge in [0.05, 0.1) is 6.61 Å². The lowest BCUT2D eigenvalue weighted by Crippen LogP contribution is -2.18. The molecule has 3 nitrogen and oxygen atoms in total. The predicted molar refractivity (Wildman–Crippen MR) is 59.0 cm³/mol. The van der Waals surface area contributed by atoms with Crippen LogP contribution < -0.4 is 0 Å². The lowest BCUT2D eigenvalue weighted by atomic mass is 9.79. The molecule has 3 heteroatoms. The molecule has 0 aliphatic heterocycles. The zero-order chi connectivity index (χ0) is 11.6. The molecule has 0 unspecified atom stereocenters. The van der Waals surface area contributed by atoms with Crippen molar-refractivity contribution in [2.45, 2.75) is 39.2 Å². The monoisotopic (exact) mass is 210 g/mol. The number of hydrogen-bond acceptors (Lipinski definition) is 3. The molecule has 0 radical (unpaired) electrons. The van der Waals surface area contributed by atoms with Gasteiger partial charge in [-0.1, -0.05) is 20.8 Å². The number of rotatable bonds is 3. The molecule has 0 bridgehead atoms. The fourth-order valence-electron chi connectivity index (χ4n) is 1.72. The van der Waals surface area contributed by atoms with Crippen LogP contribution in [0.1, 0.15) is 38.3 Å². The van der Waals surface area contributed by atoms with Crippen molar-refractivity contribution in [1.82, 2.24) is 0 Å². The van der Waals surface area contributed by atoms with Gasteiger partial charge < -0.3 is 15.3 Å². The average Bonchev–Trinajstić information content (AvgIpc) is 2.20. The van der Waals surface area contributed by atoms with Gasteiger partial charge in [-0.3, -0.25) is 0 Å². The van der Waals surface area contributed by atoms with Gasteiger partial charge in [0, 0.05) is 11.1 Å². The van der Waals surface area contributed by atoms with E-state index in [4.69, 9.17) is 0 Å². The molecule has 1 aromatic rings. The molecule has 0 fully saturated rings. The van der Waals surface area contributed by atoms with E-state index in [1.165, 1.54) is 12.1 Å². The summed E-state index contributed by atoms with van der Waals surface area (Å²) >= 11 is 0.